The second kappa shape index (κ2) is 4.68. The lowest BCUT2D eigenvalue weighted by atomic mass is 10.1. The molecule has 0 aliphatic heterocycles. The van der Waals surface area contributed by atoms with Crippen molar-refractivity contribution in [3.05, 3.63) is 58.9 Å². The highest BCUT2D eigenvalue weighted by atomic mass is 35.5. The van der Waals surface area contributed by atoms with Crippen LogP contribution in [0.3, 0.4) is 0 Å². The zero-order chi connectivity index (χ0) is 13.4. The van der Waals surface area contributed by atoms with Gasteiger partial charge in [0, 0.05) is 22.5 Å². The molecular formula is C15H11ClFNO. The first-order valence-corrected chi connectivity index (χ1v) is 6.23. The van der Waals surface area contributed by atoms with Crippen LogP contribution in [0.1, 0.15) is 5.56 Å². The number of halogens is 2. The number of hydrogen-bond acceptors (Lipinski definition) is 2. The van der Waals surface area contributed by atoms with Crippen molar-refractivity contribution in [2.75, 3.05) is 0 Å². The molecule has 0 atom stereocenters. The highest BCUT2D eigenvalue weighted by Crippen LogP contribution is 2.30. The molecule has 0 spiro atoms. The van der Waals surface area contributed by atoms with Gasteiger partial charge in [-0.15, -0.1) is 0 Å². The smallest absolute Gasteiger partial charge is 0.135 e. The Labute approximate surface area is 114 Å². The van der Waals surface area contributed by atoms with Crippen molar-refractivity contribution in [3.63, 3.8) is 0 Å². The summed E-state index contributed by atoms with van der Waals surface area (Å²) in [6, 6.07) is 11.8. The molecule has 0 saturated heterocycles. The second-order valence-electron chi connectivity index (χ2n) is 4.30. The van der Waals surface area contributed by atoms with E-state index in [-0.39, 0.29) is 5.82 Å². The van der Waals surface area contributed by atoms with E-state index in [2.05, 4.69) is 0 Å². The van der Waals surface area contributed by atoms with Gasteiger partial charge in [-0.3, -0.25) is 0 Å². The Kier molecular flexibility index (Phi) is 3.01. The summed E-state index contributed by atoms with van der Waals surface area (Å²) in [5, 5.41) is 1.37. The minimum atomic E-state index is -0.279. The Bertz CT molecular complexity index is 751. The third-order valence-corrected chi connectivity index (χ3v) is 3.40. The fourth-order valence-corrected chi connectivity index (χ4v) is 2.24. The molecule has 1 heterocycles. The molecule has 0 unspecified atom stereocenters. The number of benzene rings is 2. The molecule has 2 aromatic carbocycles. The summed E-state index contributed by atoms with van der Waals surface area (Å²) < 4.78 is 18.8. The van der Waals surface area contributed by atoms with Crippen LogP contribution in [0.5, 0.6) is 0 Å². The van der Waals surface area contributed by atoms with Gasteiger partial charge in [-0.25, -0.2) is 4.39 Å². The van der Waals surface area contributed by atoms with Crippen LogP contribution in [-0.4, -0.2) is 0 Å². The van der Waals surface area contributed by atoms with E-state index in [0.717, 1.165) is 16.5 Å². The van der Waals surface area contributed by atoms with Gasteiger partial charge < -0.3 is 10.2 Å². The molecule has 0 aliphatic carbocycles. The van der Waals surface area contributed by atoms with E-state index in [9.17, 15) is 4.39 Å². The SMILES string of the molecule is NCc1cc(-c2cc3cc(F)ccc3o2)ccc1Cl. The topological polar surface area (TPSA) is 39.2 Å². The van der Waals surface area contributed by atoms with Gasteiger partial charge in [0.25, 0.3) is 0 Å². The van der Waals surface area contributed by atoms with Crippen LogP contribution in [0, 0.1) is 5.82 Å². The Morgan fingerprint density at radius 2 is 1.95 bits per heavy atom. The lowest BCUT2D eigenvalue weighted by Crippen LogP contribution is -1.97. The zero-order valence-electron chi connectivity index (χ0n) is 9.99. The lowest BCUT2D eigenvalue weighted by Gasteiger charge is -2.03. The Hall–Kier alpha value is -1.84. The van der Waals surface area contributed by atoms with Crippen LogP contribution >= 0.6 is 11.6 Å². The van der Waals surface area contributed by atoms with Gasteiger partial charge in [-0.2, -0.15) is 0 Å². The van der Waals surface area contributed by atoms with Crippen molar-refractivity contribution in [2.24, 2.45) is 5.73 Å². The average molecular weight is 276 g/mol. The second-order valence-corrected chi connectivity index (χ2v) is 4.71. The van der Waals surface area contributed by atoms with E-state index in [1.165, 1.54) is 12.1 Å². The van der Waals surface area contributed by atoms with Gasteiger partial charge >= 0.3 is 0 Å². The van der Waals surface area contributed by atoms with Gasteiger partial charge in [0.2, 0.25) is 0 Å². The minimum Gasteiger partial charge on any atom is -0.456 e. The van der Waals surface area contributed by atoms with Crippen molar-refractivity contribution in [2.45, 2.75) is 6.54 Å². The van der Waals surface area contributed by atoms with E-state index < -0.39 is 0 Å². The normalized spacial score (nSPS) is 11.1. The number of fused-ring (bicyclic) bond motifs is 1. The number of furan rings is 1. The molecule has 2 nitrogen and oxygen atoms in total. The molecule has 0 radical (unpaired) electrons. The summed E-state index contributed by atoms with van der Waals surface area (Å²) in [6.45, 7) is 0.363. The molecule has 4 heteroatoms. The molecule has 96 valence electrons. The van der Waals surface area contributed by atoms with Crippen molar-refractivity contribution < 1.29 is 8.81 Å². The van der Waals surface area contributed by atoms with E-state index in [1.54, 1.807) is 12.1 Å². The van der Waals surface area contributed by atoms with Gasteiger partial charge in [-0.1, -0.05) is 11.6 Å². The molecular weight excluding hydrogens is 265 g/mol. The lowest BCUT2D eigenvalue weighted by molar-refractivity contribution is 0.619. The van der Waals surface area contributed by atoms with E-state index >= 15 is 0 Å². The maximum atomic E-state index is 13.1. The number of rotatable bonds is 2. The van der Waals surface area contributed by atoms with Gasteiger partial charge in [0.1, 0.15) is 17.2 Å². The van der Waals surface area contributed by atoms with Crippen molar-refractivity contribution in [1.82, 2.24) is 0 Å². The maximum absolute atomic E-state index is 13.1. The Morgan fingerprint density at radius 1 is 1.11 bits per heavy atom. The van der Waals surface area contributed by atoms with E-state index in [0.29, 0.717) is 22.9 Å². The molecule has 0 fully saturated rings. The molecule has 0 aliphatic rings. The van der Waals surface area contributed by atoms with Crippen LogP contribution in [0.4, 0.5) is 4.39 Å². The first kappa shape index (κ1) is 12.2. The molecule has 3 rings (SSSR count). The minimum absolute atomic E-state index is 0.279. The Morgan fingerprint density at radius 3 is 2.74 bits per heavy atom. The van der Waals surface area contributed by atoms with E-state index in [4.69, 9.17) is 21.8 Å². The number of hydrogen-bond donors (Lipinski definition) is 1. The van der Waals surface area contributed by atoms with Crippen LogP contribution in [-0.2, 0) is 6.54 Å². The summed E-state index contributed by atoms with van der Waals surface area (Å²) in [5.41, 5.74) is 8.01. The summed E-state index contributed by atoms with van der Waals surface area (Å²) in [4.78, 5) is 0. The molecule has 1 aromatic heterocycles. The molecule has 3 aromatic rings. The van der Waals surface area contributed by atoms with Crippen molar-refractivity contribution in [3.8, 4) is 11.3 Å². The van der Waals surface area contributed by atoms with Crippen LogP contribution < -0.4 is 5.73 Å². The molecule has 2 N–H and O–H groups in total. The first-order chi connectivity index (χ1) is 9.17. The van der Waals surface area contributed by atoms with Gasteiger partial charge in [0.05, 0.1) is 0 Å². The third-order valence-electron chi connectivity index (χ3n) is 3.03. The molecule has 19 heavy (non-hydrogen) atoms. The standard InChI is InChI=1S/C15H11ClFNO/c16-13-3-1-9(5-11(13)8-18)15-7-10-6-12(17)2-4-14(10)19-15/h1-7H,8,18H2. The van der Waals surface area contributed by atoms with Crippen LogP contribution in [0.15, 0.2) is 46.9 Å². The van der Waals surface area contributed by atoms with Crippen molar-refractivity contribution in [1.29, 1.82) is 0 Å². The monoisotopic (exact) mass is 275 g/mol. The van der Waals surface area contributed by atoms with Gasteiger partial charge in [-0.05, 0) is 48.0 Å². The molecule has 0 saturated carbocycles. The predicted octanol–water partition coefficient (Wildman–Crippen LogP) is 4.35. The molecule has 0 bridgehead atoms. The summed E-state index contributed by atoms with van der Waals surface area (Å²) in [6.07, 6.45) is 0. The molecule has 0 amide bonds. The summed E-state index contributed by atoms with van der Waals surface area (Å²) in [7, 11) is 0. The fraction of sp³-hybridized carbons (Fsp3) is 0.0667. The fourth-order valence-electron chi connectivity index (χ4n) is 2.04. The van der Waals surface area contributed by atoms with Crippen LogP contribution in [0.2, 0.25) is 5.02 Å². The zero-order valence-corrected chi connectivity index (χ0v) is 10.7. The largest absolute Gasteiger partial charge is 0.456 e. The van der Waals surface area contributed by atoms with Gasteiger partial charge in [0.15, 0.2) is 0 Å². The summed E-state index contributed by atoms with van der Waals surface area (Å²) >= 11 is 6.02. The highest BCUT2D eigenvalue weighted by Gasteiger charge is 2.09. The predicted molar refractivity (Wildman–Crippen MR) is 74.5 cm³/mol. The quantitative estimate of drug-likeness (QED) is 0.755. The third kappa shape index (κ3) is 2.23. The summed E-state index contributed by atoms with van der Waals surface area (Å²) in [5.74, 6) is 0.394. The van der Waals surface area contributed by atoms with E-state index in [1.807, 2.05) is 18.2 Å². The van der Waals surface area contributed by atoms with Crippen LogP contribution in [0.25, 0.3) is 22.3 Å². The first-order valence-electron chi connectivity index (χ1n) is 5.85. The average Bonchev–Trinajstić information content (AvgIpc) is 2.82. The highest BCUT2D eigenvalue weighted by molar-refractivity contribution is 6.31. The number of nitrogens with two attached hydrogens (primary N) is 1. The van der Waals surface area contributed by atoms with Crippen molar-refractivity contribution >= 4 is 22.6 Å². The Balaban J connectivity index is 2.13. The maximum Gasteiger partial charge on any atom is 0.135 e.